The standard InChI is InChI=1S/C16H11F3N4OS/c17-16(18,19)9-4-3-5-10(8-9)22-23-13(14(20)24)15-21-11-6-1-2-7-12(11)25-15/h1-8,22H,(H2,20,24)/b23-13-. The number of nitrogens with zero attached hydrogens (tertiary/aromatic N) is 2. The van der Waals surface area contributed by atoms with Crippen LogP contribution >= 0.6 is 11.3 Å². The predicted octanol–water partition coefficient (Wildman–Crippen LogP) is 3.62. The highest BCUT2D eigenvalue weighted by molar-refractivity contribution is 7.21. The third kappa shape index (κ3) is 3.77. The Morgan fingerprint density at radius 2 is 1.92 bits per heavy atom. The van der Waals surface area contributed by atoms with Gasteiger partial charge < -0.3 is 5.73 Å². The van der Waals surface area contributed by atoms with Crippen molar-refractivity contribution in [2.24, 2.45) is 10.8 Å². The minimum atomic E-state index is -4.47. The van der Waals surface area contributed by atoms with Crippen LogP contribution in [-0.4, -0.2) is 16.6 Å². The molecule has 1 amide bonds. The molecule has 1 heterocycles. The van der Waals surface area contributed by atoms with Gasteiger partial charge in [0.25, 0.3) is 5.91 Å². The molecule has 2 aromatic carbocycles. The summed E-state index contributed by atoms with van der Waals surface area (Å²) in [6.07, 6.45) is -4.47. The van der Waals surface area contributed by atoms with E-state index in [2.05, 4.69) is 15.5 Å². The van der Waals surface area contributed by atoms with Crippen LogP contribution in [0, 0.1) is 0 Å². The predicted molar refractivity (Wildman–Crippen MR) is 90.4 cm³/mol. The lowest BCUT2D eigenvalue weighted by atomic mass is 10.2. The number of carbonyl (C=O) groups excluding carboxylic acids is 1. The molecule has 0 unspecified atom stereocenters. The fourth-order valence-electron chi connectivity index (χ4n) is 2.07. The number of alkyl halides is 3. The summed E-state index contributed by atoms with van der Waals surface area (Å²) in [5.74, 6) is -0.835. The molecule has 128 valence electrons. The number of amides is 1. The maximum atomic E-state index is 12.7. The molecule has 9 heteroatoms. The van der Waals surface area contributed by atoms with Crippen molar-refractivity contribution >= 4 is 38.9 Å². The van der Waals surface area contributed by atoms with E-state index in [1.807, 2.05) is 12.1 Å². The van der Waals surface area contributed by atoms with Gasteiger partial charge in [0.05, 0.1) is 21.5 Å². The molecule has 0 saturated heterocycles. The number of halogens is 3. The molecule has 0 bridgehead atoms. The number of anilines is 1. The van der Waals surface area contributed by atoms with Gasteiger partial charge in [-0.1, -0.05) is 18.2 Å². The van der Waals surface area contributed by atoms with Crippen molar-refractivity contribution in [1.29, 1.82) is 0 Å². The normalized spacial score (nSPS) is 12.4. The third-order valence-corrected chi connectivity index (χ3v) is 4.26. The number of hydrazone groups is 1. The molecule has 3 N–H and O–H groups in total. The van der Waals surface area contributed by atoms with Crippen LogP contribution in [0.4, 0.5) is 18.9 Å². The largest absolute Gasteiger partial charge is 0.416 e. The zero-order valence-electron chi connectivity index (χ0n) is 12.5. The molecule has 0 atom stereocenters. The van der Waals surface area contributed by atoms with Crippen molar-refractivity contribution in [3.63, 3.8) is 0 Å². The first-order chi connectivity index (χ1) is 11.8. The van der Waals surface area contributed by atoms with E-state index in [1.54, 1.807) is 12.1 Å². The maximum Gasteiger partial charge on any atom is 0.416 e. The number of para-hydroxylation sites is 1. The van der Waals surface area contributed by atoms with Gasteiger partial charge in [0, 0.05) is 0 Å². The van der Waals surface area contributed by atoms with Crippen molar-refractivity contribution in [2.45, 2.75) is 6.18 Å². The molecule has 0 spiro atoms. The topological polar surface area (TPSA) is 80.4 Å². The van der Waals surface area contributed by atoms with E-state index in [1.165, 1.54) is 23.5 Å². The van der Waals surface area contributed by atoms with Crippen LogP contribution < -0.4 is 11.2 Å². The Morgan fingerprint density at radius 1 is 1.16 bits per heavy atom. The van der Waals surface area contributed by atoms with Gasteiger partial charge in [-0.2, -0.15) is 18.3 Å². The first kappa shape index (κ1) is 16.9. The summed E-state index contributed by atoms with van der Waals surface area (Å²) in [6.45, 7) is 0. The molecule has 25 heavy (non-hydrogen) atoms. The Morgan fingerprint density at radius 3 is 2.60 bits per heavy atom. The number of hydrogen-bond donors (Lipinski definition) is 2. The second-order valence-corrected chi connectivity index (χ2v) is 6.03. The molecular weight excluding hydrogens is 353 g/mol. The zero-order chi connectivity index (χ0) is 18.0. The second-order valence-electron chi connectivity index (χ2n) is 5.00. The molecular formula is C16H11F3N4OS. The summed E-state index contributed by atoms with van der Waals surface area (Å²) < 4.78 is 39.0. The summed E-state index contributed by atoms with van der Waals surface area (Å²) in [7, 11) is 0. The van der Waals surface area contributed by atoms with Gasteiger partial charge in [-0.3, -0.25) is 10.2 Å². The van der Waals surface area contributed by atoms with E-state index in [9.17, 15) is 18.0 Å². The van der Waals surface area contributed by atoms with E-state index in [4.69, 9.17) is 5.73 Å². The minimum Gasteiger partial charge on any atom is -0.364 e. The third-order valence-electron chi connectivity index (χ3n) is 3.22. The van der Waals surface area contributed by atoms with Crippen molar-refractivity contribution in [3.05, 3.63) is 59.1 Å². The monoisotopic (exact) mass is 364 g/mol. The molecule has 0 aliphatic rings. The average molecular weight is 364 g/mol. The zero-order valence-corrected chi connectivity index (χ0v) is 13.4. The van der Waals surface area contributed by atoms with Crippen LogP contribution in [0.5, 0.6) is 0 Å². The molecule has 0 aliphatic heterocycles. The van der Waals surface area contributed by atoms with Crippen LogP contribution in [-0.2, 0) is 11.0 Å². The molecule has 0 saturated carbocycles. The van der Waals surface area contributed by atoms with Crippen molar-refractivity contribution in [2.75, 3.05) is 5.43 Å². The Balaban J connectivity index is 1.92. The van der Waals surface area contributed by atoms with E-state index < -0.39 is 17.6 Å². The Bertz CT molecular complexity index is 932. The molecule has 3 aromatic rings. The van der Waals surface area contributed by atoms with Gasteiger partial charge >= 0.3 is 6.18 Å². The van der Waals surface area contributed by atoms with Crippen LogP contribution in [0.3, 0.4) is 0 Å². The number of benzene rings is 2. The van der Waals surface area contributed by atoms with E-state index in [-0.39, 0.29) is 16.4 Å². The molecule has 1 aromatic heterocycles. The number of nitrogens with one attached hydrogen (secondary N) is 1. The lowest BCUT2D eigenvalue weighted by Gasteiger charge is -2.08. The lowest BCUT2D eigenvalue weighted by Crippen LogP contribution is -2.25. The number of thiazole rings is 1. The molecule has 5 nitrogen and oxygen atoms in total. The summed E-state index contributed by atoms with van der Waals surface area (Å²) in [6, 6.07) is 11.7. The summed E-state index contributed by atoms with van der Waals surface area (Å²) >= 11 is 1.21. The fraction of sp³-hybridized carbons (Fsp3) is 0.0625. The second kappa shape index (κ2) is 6.52. The number of hydrogen-bond acceptors (Lipinski definition) is 5. The molecule has 0 fully saturated rings. The van der Waals surface area contributed by atoms with Crippen LogP contribution in [0.1, 0.15) is 10.6 Å². The van der Waals surface area contributed by atoms with Gasteiger partial charge in [0.1, 0.15) is 0 Å². The van der Waals surface area contributed by atoms with Gasteiger partial charge in [0.2, 0.25) is 0 Å². The number of fused-ring (bicyclic) bond motifs is 1. The maximum absolute atomic E-state index is 12.7. The van der Waals surface area contributed by atoms with Gasteiger partial charge in [-0.25, -0.2) is 4.98 Å². The van der Waals surface area contributed by atoms with Gasteiger partial charge in [-0.15, -0.1) is 11.3 Å². The first-order valence-electron chi connectivity index (χ1n) is 7.01. The number of aromatic nitrogens is 1. The quantitative estimate of drug-likeness (QED) is 0.548. The lowest BCUT2D eigenvalue weighted by molar-refractivity contribution is -0.137. The van der Waals surface area contributed by atoms with E-state index in [0.717, 1.165) is 16.8 Å². The Labute approximate surface area is 144 Å². The molecule has 0 radical (unpaired) electrons. The fourth-order valence-corrected chi connectivity index (χ4v) is 3.03. The minimum absolute atomic E-state index is 0.0784. The summed E-state index contributed by atoms with van der Waals surface area (Å²) in [4.78, 5) is 15.9. The average Bonchev–Trinajstić information content (AvgIpc) is 2.97. The summed E-state index contributed by atoms with van der Waals surface area (Å²) in [5.41, 5.74) is 7.54. The van der Waals surface area contributed by atoms with Crippen molar-refractivity contribution < 1.29 is 18.0 Å². The first-order valence-corrected chi connectivity index (χ1v) is 7.83. The van der Waals surface area contributed by atoms with Crippen LogP contribution in [0.15, 0.2) is 53.6 Å². The van der Waals surface area contributed by atoms with Crippen LogP contribution in [0.2, 0.25) is 0 Å². The summed E-state index contributed by atoms with van der Waals surface area (Å²) in [5, 5.41) is 4.14. The smallest absolute Gasteiger partial charge is 0.364 e. The molecule has 0 aliphatic carbocycles. The number of carbonyl (C=O) groups is 1. The van der Waals surface area contributed by atoms with E-state index in [0.29, 0.717) is 5.52 Å². The number of rotatable bonds is 4. The highest BCUT2D eigenvalue weighted by Crippen LogP contribution is 2.30. The Kier molecular flexibility index (Phi) is 4.41. The molecule has 3 rings (SSSR count). The van der Waals surface area contributed by atoms with Gasteiger partial charge in [0.15, 0.2) is 10.7 Å². The Hall–Kier alpha value is -2.94. The van der Waals surface area contributed by atoms with Crippen molar-refractivity contribution in [1.82, 2.24) is 4.98 Å². The highest BCUT2D eigenvalue weighted by atomic mass is 32.1. The van der Waals surface area contributed by atoms with Crippen LogP contribution in [0.25, 0.3) is 10.2 Å². The number of nitrogens with two attached hydrogens (primary N) is 1. The van der Waals surface area contributed by atoms with Gasteiger partial charge in [-0.05, 0) is 30.3 Å². The van der Waals surface area contributed by atoms with Crippen molar-refractivity contribution in [3.8, 4) is 0 Å². The SMILES string of the molecule is NC(=O)/C(=N/Nc1cccc(C(F)(F)F)c1)c1nc2ccccc2s1. The highest BCUT2D eigenvalue weighted by Gasteiger charge is 2.30. The van der Waals surface area contributed by atoms with E-state index >= 15 is 0 Å². The number of primary amides is 1.